The number of halogens is 2. The van der Waals surface area contributed by atoms with Gasteiger partial charge in [-0.3, -0.25) is 10.4 Å². The average Bonchev–Trinajstić information content (AvgIpc) is 2.56. The Morgan fingerprint density at radius 2 is 2.50 bits per heavy atom. The third-order valence-corrected chi connectivity index (χ3v) is 3.37. The van der Waals surface area contributed by atoms with Crippen LogP contribution in [0.25, 0.3) is 0 Å². The predicted octanol–water partition coefficient (Wildman–Crippen LogP) is 3.12. The molecule has 1 aliphatic heterocycles. The van der Waals surface area contributed by atoms with Gasteiger partial charge in [-0.05, 0) is 35.7 Å². The van der Waals surface area contributed by atoms with Crippen LogP contribution in [0.2, 0.25) is 0 Å². The van der Waals surface area contributed by atoms with Crippen LogP contribution in [0.4, 0.5) is 0 Å². The highest BCUT2D eigenvalue weighted by Crippen LogP contribution is 2.33. The minimum Gasteiger partial charge on any atom is -0.317 e. The number of amidine groups is 1. The molecule has 0 radical (unpaired) electrons. The van der Waals surface area contributed by atoms with Crippen LogP contribution in [0.1, 0.15) is 13.3 Å². The maximum atomic E-state index is 8.01. The Bertz CT molecular complexity index is 431. The van der Waals surface area contributed by atoms with Gasteiger partial charge in [0.2, 0.25) is 0 Å². The van der Waals surface area contributed by atoms with Gasteiger partial charge in [-0.2, -0.15) is 0 Å². The van der Waals surface area contributed by atoms with Gasteiger partial charge in [0.1, 0.15) is 11.0 Å². The summed E-state index contributed by atoms with van der Waals surface area (Å²) in [5.41, 5.74) is 0.589. The Balaban J connectivity index is 3.14. The molecule has 1 rings (SSSR count). The first kappa shape index (κ1) is 13.3. The molecule has 1 unspecified atom stereocenters. The molecule has 0 aromatic heterocycles. The first-order valence-corrected chi connectivity index (χ1v) is 6.10. The molecule has 1 heterocycles. The Morgan fingerprint density at radius 1 is 1.88 bits per heavy atom. The number of hydrogen-bond acceptors (Lipinski definition) is 2. The van der Waals surface area contributed by atoms with E-state index in [1.165, 1.54) is 0 Å². The van der Waals surface area contributed by atoms with Crippen LogP contribution in [0.5, 0.6) is 0 Å². The van der Waals surface area contributed by atoms with E-state index in [1.807, 2.05) is 13.1 Å². The molecular weight excluding hydrogens is 336 g/mol. The first-order chi connectivity index (χ1) is 7.56. The summed E-state index contributed by atoms with van der Waals surface area (Å²) in [5, 5.41) is 8.24. The lowest BCUT2D eigenvalue weighted by atomic mass is 10.2. The summed E-state index contributed by atoms with van der Waals surface area (Å²) < 4.78 is 0.855. The summed E-state index contributed by atoms with van der Waals surface area (Å²) in [5.74, 6) is 2.93. The average molecular weight is 348 g/mol. The van der Waals surface area contributed by atoms with Crippen molar-refractivity contribution in [3.8, 4) is 12.3 Å². The fourth-order valence-electron chi connectivity index (χ4n) is 1.41. The summed E-state index contributed by atoms with van der Waals surface area (Å²) in [6, 6.07) is -0.121. The molecule has 0 saturated carbocycles. The zero-order valence-corrected chi connectivity index (χ0v) is 11.7. The van der Waals surface area contributed by atoms with E-state index in [9.17, 15) is 0 Å². The molecule has 0 bridgehead atoms. The van der Waals surface area contributed by atoms with Crippen molar-refractivity contribution in [1.29, 1.82) is 5.41 Å². The molecule has 3 nitrogen and oxygen atoms in total. The van der Waals surface area contributed by atoms with Crippen LogP contribution in [-0.2, 0) is 0 Å². The van der Waals surface area contributed by atoms with Gasteiger partial charge in [-0.25, -0.2) is 0 Å². The standard InChI is InChI=1S/C11H11ClIN3/c1-4-7(5-2)16-6-8(13)9(11(16)14)10(12)15-3/h1,6-7,14H,3,5H2,2H3/b10-9-,14-11?. The van der Waals surface area contributed by atoms with Crippen molar-refractivity contribution in [2.24, 2.45) is 4.99 Å². The summed E-state index contributed by atoms with van der Waals surface area (Å²) in [4.78, 5) is 5.37. The first-order valence-electron chi connectivity index (χ1n) is 4.64. The molecule has 0 aromatic rings. The summed E-state index contributed by atoms with van der Waals surface area (Å²) in [6.45, 7) is 5.34. The highest BCUT2D eigenvalue weighted by atomic mass is 127. The van der Waals surface area contributed by atoms with Crippen molar-refractivity contribution in [1.82, 2.24) is 4.90 Å². The van der Waals surface area contributed by atoms with Gasteiger partial charge in [0.15, 0.2) is 0 Å². The van der Waals surface area contributed by atoms with E-state index < -0.39 is 0 Å². The fourth-order valence-corrected chi connectivity index (χ4v) is 2.57. The third kappa shape index (κ3) is 2.30. The molecule has 0 aliphatic carbocycles. The normalized spacial score (nSPS) is 20.2. The zero-order valence-electron chi connectivity index (χ0n) is 8.80. The summed E-state index contributed by atoms with van der Waals surface area (Å²) >= 11 is 8.01. The van der Waals surface area contributed by atoms with Crippen molar-refractivity contribution in [2.45, 2.75) is 19.4 Å². The maximum Gasteiger partial charge on any atom is 0.140 e. The molecular formula is C11H11ClIN3. The highest BCUT2D eigenvalue weighted by Gasteiger charge is 2.29. The minimum atomic E-state index is -0.121. The molecule has 0 fully saturated rings. The van der Waals surface area contributed by atoms with Crippen molar-refractivity contribution >= 4 is 46.7 Å². The van der Waals surface area contributed by atoms with Crippen molar-refractivity contribution in [2.75, 3.05) is 0 Å². The topological polar surface area (TPSA) is 39.5 Å². The number of rotatable bonds is 3. The largest absolute Gasteiger partial charge is 0.317 e. The Morgan fingerprint density at radius 3 is 2.94 bits per heavy atom. The monoisotopic (exact) mass is 347 g/mol. The molecule has 0 aromatic carbocycles. The Hall–Kier alpha value is -0.800. The van der Waals surface area contributed by atoms with Crippen LogP contribution in [-0.4, -0.2) is 23.5 Å². The molecule has 0 spiro atoms. The molecule has 5 heteroatoms. The lowest BCUT2D eigenvalue weighted by Crippen LogP contribution is -2.31. The smallest absolute Gasteiger partial charge is 0.140 e. The van der Waals surface area contributed by atoms with Crippen molar-refractivity contribution in [3.05, 3.63) is 20.5 Å². The number of hydrogen-bond donors (Lipinski definition) is 1. The molecule has 1 N–H and O–H groups in total. The molecule has 0 amide bonds. The van der Waals surface area contributed by atoms with Gasteiger partial charge in [-0.1, -0.05) is 24.4 Å². The predicted molar refractivity (Wildman–Crippen MR) is 77.0 cm³/mol. The molecule has 16 heavy (non-hydrogen) atoms. The van der Waals surface area contributed by atoms with Crippen LogP contribution in [0.3, 0.4) is 0 Å². The lowest BCUT2D eigenvalue weighted by Gasteiger charge is -2.22. The zero-order chi connectivity index (χ0) is 12.3. The second-order valence-corrected chi connectivity index (χ2v) is 4.67. The quantitative estimate of drug-likeness (QED) is 0.362. The number of terminal acetylenes is 1. The van der Waals surface area contributed by atoms with Gasteiger partial charge < -0.3 is 4.90 Å². The lowest BCUT2D eigenvalue weighted by molar-refractivity contribution is 0.474. The summed E-state index contributed by atoms with van der Waals surface area (Å²) in [6.07, 6.45) is 8.01. The SMILES string of the molecule is C#CC(CC)N1C=C(I)/C(=C(\Cl)N=C)C1=N. The van der Waals surface area contributed by atoms with Crippen LogP contribution < -0.4 is 0 Å². The second kappa shape index (κ2) is 5.51. The van der Waals surface area contributed by atoms with Crippen molar-refractivity contribution in [3.63, 3.8) is 0 Å². The second-order valence-electron chi connectivity index (χ2n) is 3.15. The number of nitrogens with zero attached hydrogens (tertiary/aromatic N) is 2. The number of aliphatic imine (C=N–C) groups is 1. The van der Waals surface area contributed by atoms with Crippen molar-refractivity contribution < 1.29 is 0 Å². The van der Waals surface area contributed by atoms with E-state index in [4.69, 9.17) is 23.4 Å². The Kier molecular flexibility index (Phi) is 4.56. The van der Waals surface area contributed by atoms with Gasteiger partial charge in [-0.15, -0.1) is 6.42 Å². The van der Waals surface area contributed by atoms with E-state index in [0.29, 0.717) is 5.57 Å². The van der Waals surface area contributed by atoms with Crippen LogP contribution in [0, 0.1) is 17.8 Å². The molecule has 1 aliphatic rings. The summed E-state index contributed by atoms with van der Waals surface area (Å²) in [7, 11) is 0. The maximum absolute atomic E-state index is 8.01. The number of nitrogens with one attached hydrogen (secondary N) is 1. The Labute approximate surface area is 114 Å². The molecule has 1 atom stereocenters. The van der Waals surface area contributed by atoms with E-state index in [0.717, 1.165) is 10.0 Å². The van der Waals surface area contributed by atoms with Gasteiger partial charge >= 0.3 is 0 Å². The van der Waals surface area contributed by atoms with Gasteiger partial charge in [0.25, 0.3) is 0 Å². The van der Waals surface area contributed by atoms with Crippen LogP contribution >= 0.6 is 34.2 Å². The van der Waals surface area contributed by atoms with E-state index in [2.05, 4.69) is 40.2 Å². The van der Waals surface area contributed by atoms with Gasteiger partial charge in [0, 0.05) is 9.78 Å². The van der Waals surface area contributed by atoms with Gasteiger partial charge in [0.05, 0.1) is 11.6 Å². The van der Waals surface area contributed by atoms with E-state index in [1.54, 1.807) is 4.90 Å². The van der Waals surface area contributed by atoms with Crippen LogP contribution in [0.15, 0.2) is 25.5 Å². The fraction of sp³-hybridized carbons (Fsp3) is 0.273. The molecule has 84 valence electrons. The molecule has 0 saturated heterocycles. The third-order valence-electron chi connectivity index (χ3n) is 2.25. The van der Waals surface area contributed by atoms with E-state index >= 15 is 0 Å². The van der Waals surface area contributed by atoms with E-state index in [-0.39, 0.29) is 17.0 Å². The minimum absolute atomic E-state index is 0.121. The highest BCUT2D eigenvalue weighted by molar-refractivity contribution is 14.1.